The summed E-state index contributed by atoms with van der Waals surface area (Å²) in [5, 5.41) is 9.80. The van der Waals surface area contributed by atoms with Gasteiger partial charge in [-0.1, -0.05) is 12.1 Å². The van der Waals surface area contributed by atoms with Crippen molar-refractivity contribution < 1.29 is 44.3 Å². The first-order valence-corrected chi connectivity index (χ1v) is 12.1. The van der Waals surface area contributed by atoms with Crippen LogP contribution in [-0.4, -0.2) is 54.7 Å². The Morgan fingerprint density at radius 2 is 1.66 bits per heavy atom. The van der Waals surface area contributed by atoms with E-state index in [0.717, 1.165) is 18.2 Å². The predicted octanol–water partition coefficient (Wildman–Crippen LogP) is 2.96. The number of nitrogens with zero attached hydrogens (tertiary/aromatic N) is 2. The van der Waals surface area contributed by atoms with E-state index in [4.69, 9.17) is 0 Å². The molecule has 0 radical (unpaired) electrons. The van der Waals surface area contributed by atoms with Gasteiger partial charge in [0.25, 0.3) is 0 Å². The molecule has 1 heterocycles. The molecular formula is C21H19F6N3O4S. The second-order valence-corrected chi connectivity index (χ2v) is 11.3. The van der Waals surface area contributed by atoms with E-state index in [1.165, 1.54) is 0 Å². The number of carbonyl (C=O) groups excluding carboxylic acids is 2. The summed E-state index contributed by atoms with van der Waals surface area (Å²) >= 11 is 0. The van der Waals surface area contributed by atoms with Crippen LogP contribution < -0.4 is 5.32 Å². The van der Waals surface area contributed by atoms with Crippen molar-refractivity contribution in [2.75, 3.05) is 6.54 Å². The van der Waals surface area contributed by atoms with Gasteiger partial charge in [-0.3, -0.25) is 9.59 Å². The van der Waals surface area contributed by atoms with E-state index in [1.54, 1.807) is 0 Å². The van der Waals surface area contributed by atoms with Gasteiger partial charge in [-0.2, -0.15) is 31.6 Å². The molecule has 0 spiro atoms. The number of nitrogens with one attached hydrogen (secondary N) is 1. The molecule has 190 valence electrons. The van der Waals surface area contributed by atoms with Gasteiger partial charge in [0.1, 0.15) is 17.0 Å². The summed E-state index contributed by atoms with van der Waals surface area (Å²) in [4.78, 5) is 25.3. The fourth-order valence-electron chi connectivity index (χ4n) is 4.35. The first-order chi connectivity index (χ1) is 16.1. The zero-order chi connectivity index (χ0) is 26.0. The van der Waals surface area contributed by atoms with Crippen molar-refractivity contribution in [2.24, 2.45) is 5.41 Å². The van der Waals surface area contributed by atoms with Crippen molar-refractivity contribution in [2.45, 2.75) is 66.2 Å². The Bertz CT molecular complexity index is 1210. The molecule has 3 fully saturated rings. The molecule has 2 aliphatic carbocycles. The fourth-order valence-corrected chi connectivity index (χ4v) is 6.26. The van der Waals surface area contributed by atoms with E-state index in [2.05, 4.69) is 5.32 Å². The molecule has 3 aliphatic rings. The number of carbonyl (C=O) groups is 2. The molecular weight excluding hydrogens is 504 g/mol. The Balaban J connectivity index is 1.70. The molecule has 4 rings (SSSR count). The normalized spacial score (nSPS) is 25.0. The summed E-state index contributed by atoms with van der Waals surface area (Å²) in [5.41, 5.74) is -5.48. The first kappa shape index (κ1) is 25.3. The predicted molar refractivity (Wildman–Crippen MR) is 106 cm³/mol. The number of hydrogen-bond acceptors (Lipinski definition) is 5. The molecule has 1 N–H and O–H groups in total. The third-order valence-electron chi connectivity index (χ3n) is 6.79. The van der Waals surface area contributed by atoms with Crippen LogP contribution in [0.1, 0.15) is 37.7 Å². The van der Waals surface area contributed by atoms with Crippen molar-refractivity contribution in [3.8, 4) is 6.07 Å². The summed E-state index contributed by atoms with van der Waals surface area (Å²) in [6.07, 6.45) is -11.2. The number of benzene rings is 1. The molecule has 1 aromatic rings. The third kappa shape index (κ3) is 4.23. The third-order valence-corrected chi connectivity index (χ3v) is 8.98. The van der Waals surface area contributed by atoms with Gasteiger partial charge < -0.3 is 10.2 Å². The van der Waals surface area contributed by atoms with Crippen molar-refractivity contribution in [3.05, 3.63) is 29.8 Å². The highest BCUT2D eigenvalue weighted by molar-refractivity contribution is 7.92. The molecule has 7 nitrogen and oxygen atoms in total. The van der Waals surface area contributed by atoms with Crippen molar-refractivity contribution in [1.82, 2.24) is 10.2 Å². The quantitative estimate of drug-likeness (QED) is 0.598. The van der Waals surface area contributed by atoms with Crippen LogP contribution >= 0.6 is 0 Å². The minimum Gasteiger partial charge on any atom is -0.336 e. The van der Waals surface area contributed by atoms with Crippen LogP contribution in [0, 0.1) is 16.7 Å². The summed E-state index contributed by atoms with van der Waals surface area (Å²) in [6, 6.07) is 3.50. The topological polar surface area (TPSA) is 107 Å². The zero-order valence-electron chi connectivity index (χ0n) is 17.9. The molecule has 0 unspecified atom stereocenters. The molecule has 0 aromatic heterocycles. The number of sulfone groups is 1. The Kier molecular flexibility index (Phi) is 5.66. The van der Waals surface area contributed by atoms with E-state index in [9.17, 15) is 49.6 Å². The van der Waals surface area contributed by atoms with E-state index in [0.29, 0.717) is 11.0 Å². The maximum Gasteiger partial charge on any atom is 0.417 e. The van der Waals surface area contributed by atoms with Crippen molar-refractivity contribution >= 4 is 21.7 Å². The maximum atomic E-state index is 13.6. The maximum absolute atomic E-state index is 13.6. The van der Waals surface area contributed by atoms with Crippen molar-refractivity contribution in [3.63, 3.8) is 0 Å². The second-order valence-electron chi connectivity index (χ2n) is 9.13. The van der Waals surface area contributed by atoms with Crippen LogP contribution in [0.5, 0.6) is 0 Å². The molecule has 1 saturated heterocycles. The Labute approximate surface area is 196 Å². The van der Waals surface area contributed by atoms with Gasteiger partial charge in [0.15, 0.2) is 9.84 Å². The van der Waals surface area contributed by atoms with Crippen molar-refractivity contribution in [1.29, 1.82) is 5.26 Å². The van der Waals surface area contributed by atoms with E-state index < -0.39 is 92.5 Å². The number of halogens is 6. The highest BCUT2D eigenvalue weighted by Crippen LogP contribution is 2.59. The Morgan fingerprint density at radius 1 is 1.06 bits per heavy atom. The highest BCUT2D eigenvalue weighted by Gasteiger charge is 2.70. The lowest BCUT2D eigenvalue weighted by atomic mass is 10.0. The summed E-state index contributed by atoms with van der Waals surface area (Å²) < 4.78 is 108. The van der Waals surface area contributed by atoms with E-state index >= 15 is 0 Å². The van der Waals surface area contributed by atoms with Crippen LogP contribution in [0.2, 0.25) is 0 Å². The average molecular weight is 523 g/mol. The lowest BCUT2D eigenvalue weighted by molar-refractivity contribution is -0.199. The van der Waals surface area contributed by atoms with Gasteiger partial charge in [-0.15, -0.1) is 0 Å². The minimum absolute atomic E-state index is 0.267. The van der Waals surface area contributed by atoms with Crippen LogP contribution in [0.15, 0.2) is 29.2 Å². The molecule has 1 aromatic carbocycles. The van der Waals surface area contributed by atoms with E-state index in [-0.39, 0.29) is 12.8 Å². The van der Waals surface area contributed by atoms with Crippen LogP contribution in [0.4, 0.5) is 26.3 Å². The monoisotopic (exact) mass is 523 g/mol. The smallest absolute Gasteiger partial charge is 0.336 e. The van der Waals surface area contributed by atoms with Crippen LogP contribution in [0.3, 0.4) is 0 Å². The SMILES string of the molecule is N#CC1(NC(=O)[C@@H]2C[C@@H](S(=O)(=O)c3ccccc3C(F)(F)F)CN2C(=O)C2(C(F)(F)F)CC2)CC1. The molecule has 2 atom stereocenters. The van der Waals surface area contributed by atoms with Gasteiger partial charge in [0, 0.05) is 6.54 Å². The zero-order valence-corrected chi connectivity index (χ0v) is 18.7. The molecule has 35 heavy (non-hydrogen) atoms. The van der Waals surface area contributed by atoms with Gasteiger partial charge in [-0.25, -0.2) is 8.42 Å². The lowest BCUT2D eigenvalue weighted by Gasteiger charge is -2.29. The van der Waals surface area contributed by atoms with Crippen LogP contribution in [0.25, 0.3) is 0 Å². The Morgan fingerprint density at radius 3 is 2.14 bits per heavy atom. The molecule has 0 bridgehead atoms. The first-order valence-electron chi connectivity index (χ1n) is 10.6. The Hall–Kier alpha value is -2.82. The molecule has 2 amide bonds. The largest absolute Gasteiger partial charge is 0.417 e. The average Bonchev–Trinajstić information content (AvgIpc) is 3.69. The number of nitriles is 1. The number of hydrogen-bond donors (Lipinski definition) is 1. The number of alkyl halides is 6. The molecule has 2 saturated carbocycles. The van der Waals surface area contributed by atoms with Gasteiger partial charge in [-0.05, 0) is 44.2 Å². The number of amides is 2. The molecule has 14 heteroatoms. The standard InChI is InChI=1S/C21H19F6N3O4S/c22-20(23,24)13-3-1-2-4-15(13)35(33,34)12-9-14(16(31)29-18(11-28)5-6-18)30(10-12)17(32)19(7-8-19)21(25,26)27/h1-4,12,14H,5-10H2,(H,29,31)/t12-,14+/m1/s1. The summed E-state index contributed by atoms with van der Waals surface area (Å²) in [6.45, 7) is -0.886. The second kappa shape index (κ2) is 7.84. The highest BCUT2D eigenvalue weighted by atomic mass is 32.2. The summed E-state index contributed by atoms with van der Waals surface area (Å²) in [7, 11) is -4.82. The minimum atomic E-state index is -5.03. The van der Waals surface area contributed by atoms with Crippen LogP contribution in [-0.2, 0) is 25.6 Å². The number of likely N-dealkylation sites (tertiary alicyclic amines) is 1. The van der Waals surface area contributed by atoms with Gasteiger partial charge in [0.2, 0.25) is 11.8 Å². The van der Waals surface area contributed by atoms with Gasteiger partial charge >= 0.3 is 12.4 Å². The summed E-state index contributed by atoms with van der Waals surface area (Å²) in [5.74, 6) is -2.51. The lowest BCUT2D eigenvalue weighted by Crippen LogP contribution is -2.53. The fraction of sp³-hybridized carbons (Fsp3) is 0.571. The van der Waals surface area contributed by atoms with Gasteiger partial charge in [0.05, 0.1) is 21.8 Å². The number of rotatable bonds is 5. The molecule has 1 aliphatic heterocycles. The van der Waals surface area contributed by atoms with E-state index in [1.807, 2.05) is 6.07 Å².